The molecule has 2 aliphatic heterocycles. The van der Waals surface area contributed by atoms with Gasteiger partial charge in [-0.1, -0.05) is 0 Å². The average Bonchev–Trinajstić information content (AvgIpc) is 2.64. The molecule has 19 heavy (non-hydrogen) atoms. The molecule has 0 atom stereocenters. The first kappa shape index (κ1) is 10.4. The summed E-state index contributed by atoms with van der Waals surface area (Å²) in [5.74, 6) is -0.858. The molecule has 1 aliphatic carbocycles. The zero-order chi connectivity index (χ0) is 13.2. The molecule has 3 aliphatic rings. The minimum atomic E-state index is -0.961. The van der Waals surface area contributed by atoms with E-state index in [-0.39, 0.29) is 11.8 Å². The normalized spacial score (nSPS) is 29.2. The summed E-state index contributed by atoms with van der Waals surface area (Å²) in [5, 5.41) is 9.82. The maximum absolute atomic E-state index is 12.1. The zero-order valence-corrected chi connectivity index (χ0v) is 9.71. The molecule has 0 unspecified atom stereocenters. The van der Waals surface area contributed by atoms with E-state index < -0.39 is 17.1 Å². The number of amides is 2. The Labute approximate surface area is 105 Å². The third-order valence-electron chi connectivity index (χ3n) is 4.00. The zero-order valence-electron chi connectivity index (χ0n) is 9.71. The summed E-state index contributed by atoms with van der Waals surface area (Å²) in [6, 6.07) is 1.63. The van der Waals surface area contributed by atoms with Gasteiger partial charge in [-0.2, -0.15) is 5.10 Å². The Morgan fingerprint density at radius 1 is 1.32 bits per heavy atom. The number of nitrogens with zero attached hydrogens (tertiary/aromatic N) is 3. The molecule has 8 heteroatoms. The van der Waals surface area contributed by atoms with E-state index in [1.54, 1.807) is 6.07 Å². The summed E-state index contributed by atoms with van der Waals surface area (Å²) < 4.78 is 1.40. The number of H-pyrrole nitrogens is 1. The largest absolute Gasteiger partial charge is 0.328 e. The number of carbonyl (C=O) groups excluding carboxylic acids is 2. The lowest BCUT2D eigenvalue weighted by Crippen LogP contribution is -2.68. The van der Waals surface area contributed by atoms with E-state index in [0.717, 1.165) is 0 Å². The Hall–Kier alpha value is -2.51. The van der Waals surface area contributed by atoms with Gasteiger partial charge in [-0.05, 0) is 18.9 Å². The molecule has 4 heterocycles. The van der Waals surface area contributed by atoms with Crippen LogP contribution in [0.2, 0.25) is 0 Å². The van der Waals surface area contributed by atoms with Crippen LogP contribution in [0.5, 0.6) is 0 Å². The maximum Gasteiger partial charge on any atom is 0.328 e. The summed E-state index contributed by atoms with van der Waals surface area (Å²) in [4.78, 5) is 38.2. The molecule has 0 spiro atoms. The molecule has 2 aromatic heterocycles. The highest BCUT2D eigenvalue weighted by Gasteiger charge is 2.60. The second kappa shape index (κ2) is 3.08. The van der Waals surface area contributed by atoms with E-state index >= 15 is 0 Å². The van der Waals surface area contributed by atoms with Crippen LogP contribution in [0.4, 0.5) is 0 Å². The third kappa shape index (κ3) is 1.11. The Morgan fingerprint density at radius 3 is 2.84 bits per heavy atom. The molecular formula is C11H9N5O3. The van der Waals surface area contributed by atoms with Crippen molar-refractivity contribution in [3.05, 3.63) is 22.7 Å². The molecule has 2 bridgehead atoms. The number of imide groups is 1. The third-order valence-corrected chi connectivity index (χ3v) is 4.00. The SMILES string of the molecule is O=C1NC(=O)C2(n3c(=O)[nH]c4nnccc43)CC1C2. The van der Waals surface area contributed by atoms with E-state index in [1.807, 2.05) is 0 Å². The Balaban J connectivity index is 1.97. The van der Waals surface area contributed by atoms with Gasteiger partial charge in [-0.25, -0.2) is 4.79 Å². The molecule has 2 amide bonds. The number of aromatic amines is 1. The van der Waals surface area contributed by atoms with Crippen LogP contribution in [0.25, 0.3) is 11.2 Å². The van der Waals surface area contributed by atoms with Gasteiger partial charge in [0.25, 0.3) is 5.91 Å². The highest BCUT2D eigenvalue weighted by atomic mass is 16.2. The van der Waals surface area contributed by atoms with Crippen molar-refractivity contribution in [2.45, 2.75) is 18.4 Å². The number of imidazole rings is 1. The molecule has 2 N–H and O–H groups in total. The highest BCUT2D eigenvalue weighted by molar-refractivity contribution is 6.06. The quantitative estimate of drug-likeness (QED) is 0.630. The van der Waals surface area contributed by atoms with E-state index in [9.17, 15) is 14.4 Å². The lowest BCUT2D eigenvalue weighted by molar-refractivity contribution is -0.156. The van der Waals surface area contributed by atoms with Crippen LogP contribution in [0, 0.1) is 5.92 Å². The fraction of sp³-hybridized carbons (Fsp3) is 0.364. The van der Waals surface area contributed by atoms with Crippen LogP contribution >= 0.6 is 0 Å². The fourth-order valence-electron chi connectivity index (χ4n) is 3.03. The predicted octanol–water partition coefficient (Wildman–Crippen LogP) is -1.12. The number of carbonyl (C=O) groups is 2. The monoisotopic (exact) mass is 259 g/mol. The molecule has 96 valence electrons. The summed E-state index contributed by atoms with van der Waals surface area (Å²) in [6.45, 7) is 0. The Bertz CT molecular complexity index is 783. The van der Waals surface area contributed by atoms with E-state index in [1.165, 1.54) is 10.8 Å². The van der Waals surface area contributed by atoms with Crippen LogP contribution in [0.3, 0.4) is 0 Å². The summed E-state index contributed by atoms with van der Waals surface area (Å²) >= 11 is 0. The minimum absolute atomic E-state index is 0.190. The van der Waals surface area contributed by atoms with Crippen molar-refractivity contribution in [2.75, 3.05) is 0 Å². The number of hydrogen-bond donors (Lipinski definition) is 2. The van der Waals surface area contributed by atoms with Gasteiger partial charge in [-0.3, -0.25) is 24.5 Å². The van der Waals surface area contributed by atoms with Crippen molar-refractivity contribution < 1.29 is 9.59 Å². The molecule has 8 nitrogen and oxygen atoms in total. The van der Waals surface area contributed by atoms with Gasteiger partial charge < -0.3 is 0 Å². The van der Waals surface area contributed by atoms with Gasteiger partial charge in [0.2, 0.25) is 5.91 Å². The van der Waals surface area contributed by atoms with Gasteiger partial charge in [-0.15, -0.1) is 5.10 Å². The number of fused-ring (bicyclic) bond motifs is 3. The second-order valence-corrected chi connectivity index (χ2v) is 4.99. The lowest BCUT2D eigenvalue weighted by Gasteiger charge is -2.49. The smallest absolute Gasteiger partial charge is 0.294 e. The highest BCUT2D eigenvalue weighted by Crippen LogP contribution is 2.47. The van der Waals surface area contributed by atoms with Gasteiger partial charge in [0.1, 0.15) is 5.54 Å². The van der Waals surface area contributed by atoms with Crippen molar-refractivity contribution in [2.24, 2.45) is 5.92 Å². The fourth-order valence-corrected chi connectivity index (χ4v) is 3.03. The molecule has 5 rings (SSSR count). The van der Waals surface area contributed by atoms with Crippen LogP contribution in [-0.2, 0) is 15.1 Å². The summed E-state index contributed by atoms with van der Waals surface area (Å²) in [6.07, 6.45) is 2.20. The van der Waals surface area contributed by atoms with Crippen molar-refractivity contribution >= 4 is 23.0 Å². The molecule has 2 saturated heterocycles. The Kier molecular flexibility index (Phi) is 1.69. The second-order valence-electron chi connectivity index (χ2n) is 4.99. The van der Waals surface area contributed by atoms with Crippen LogP contribution in [0.1, 0.15) is 12.8 Å². The first-order valence-electron chi connectivity index (χ1n) is 5.90. The van der Waals surface area contributed by atoms with Gasteiger partial charge in [0.05, 0.1) is 11.7 Å². The van der Waals surface area contributed by atoms with E-state index in [4.69, 9.17) is 0 Å². The van der Waals surface area contributed by atoms with Crippen molar-refractivity contribution in [3.8, 4) is 0 Å². The average molecular weight is 259 g/mol. The van der Waals surface area contributed by atoms with Crippen molar-refractivity contribution in [3.63, 3.8) is 0 Å². The van der Waals surface area contributed by atoms with Crippen molar-refractivity contribution in [1.29, 1.82) is 0 Å². The molecule has 1 saturated carbocycles. The number of aromatic nitrogens is 4. The molecular weight excluding hydrogens is 250 g/mol. The molecule has 3 fully saturated rings. The summed E-state index contributed by atoms with van der Waals surface area (Å²) in [7, 11) is 0. The lowest BCUT2D eigenvalue weighted by atomic mass is 9.64. The van der Waals surface area contributed by atoms with E-state index in [2.05, 4.69) is 20.5 Å². The van der Waals surface area contributed by atoms with Gasteiger partial charge >= 0.3 is 5.69 Å². The van der Waals surface area contributed by atoms with Crippen LogP contribution in [0.15, 0.2) is 17.1 Å². The van der Waals surface area contributed by atoms with Gasteiger partial charge in [0, 0.05) is 5.92 Å². The number of piperidine rings is 2. The number of hydrogen-bond acceptors (Lipinski definition) is 5. The Morgan fingerprint density at radius 2 is 2.11 bits per heavy atom. The van der Waals surface area contributed by atoms with E-state index in [0.29, 0.717) is 24.0 Å². The summed E-state index contributed by atoms with van der Waals surface area (Å²) in [5.41, 5.74) is -0.492. The number of rotatable bonds is 1. The van der Waals surface area contributed by atoms with Crippen molar-refractivity contribution in [1.82, 2.24) is 25.1 Å². The maximum atomic E-state index is 12.1. The first-order valence-corrected chi connectivity index (χ1v) is 5.90. The topological polar surface area (TPSA) is 110 Å². The molecule has 0 aromatic carbocycles. The number of nitrogens with one attached hydrogen (secondary N) is 2. The molecule has 2 aromatic rings. The van der Waals surface area contributed by atoms with Gasteiger partial charge in [0.15, 0.2) is 5.65 Å². The van der Waals surface area contributed by atoms with Crippen LogP contribution in [-0.4, -0.2) is 31.6 Å². The first-order chi connectivity index (χ1) is 9.12. The minimum Gasteiger partial charge on any atom is -0.294 e. The predicted molar refractivity (Wildman–Crippen MR) is 62.0 cm³/mol. The molecule has 0 radical (unpaired) electrons. The van der Waals surface area contributed by atoms with Crippen LogP contribution < -0.4 is 11.0 Å². The standard InChI is InChI=1S/C11H9N5O3/c17-8-5-3-11(4-5,9(18)14-8)16-6-1-2-12-15-7(6)13-10(16)19/h1-2,5H,3-4H2,(H,13,15,19)(H,14,17,18).